The molecule has 4 fully saturated rings. The Labute approximate surface area is 332 Å². The zero-order valence-electron chi connectivity index (χ0n) is 32.9. The highest BCUT2D eigenvalue weighted by molar-refractivity contribution is 6.06. The van der Waals surface area contributed by atoms with Gasteiger partial charge in [0, 0.05) is 44.1 Å². The summed E-state index contributed by atoms with van der Waals surface area (Å²) in [5.74, 6) is -1.28. The summed E-state index contributed by atoms with van der Waals surface area (Å²) >= 11 is 0. The minimum Gasteiger partial charge on any atom is -0.493 e. The summed E-state index contributed by atoms with van der Waals surface area (Å²) in [6.45, 7) is 6.88. The molecule has 8 rings (SSSR count). The Morgan fingerprint density at radius 1 is 1.05 bits per heavy atom. The first-order valence-electron chi connectivity index (χ1n) is 19.3. The van der Waals surface area contributed by atoms with Crippen molar-refractivity contribution in [2.24, 2.45) is 0 Å². The van der Waals surface area contributed by atoms with Gasteiger partial charge in [-0.05, 0) is 76.6 Å². The largest absolute Gasteiger partial charge is 0.493 e. The zero-order valence-corrected chi connectivity index (χ0v) is 32.9. The van der Waals surface area contributed by atoms with E-state index in [0.717, 1.165) is 12.5 Å². The summed E-state index contributed by atoms with van der Waals surface area (Å²) in [4.78, 5) is 40.6. The molecule has 4 aliphatic heterocycles. The minimum atomic E-state index is -1.17. The fraction of sp³-hybridized carbons (Fsp3) is 0.476. The van der Waals surface area contributed by atoms with Crippen molar-refractivity contribution in [1.29, 1.82) is 0 Å². The number of fused-ring (bicyclic) bond motifs is 5. The Morgan fingerprint density at radius 3 is 2.47 bits per heavy atom. The summed E-state index contributed by atoms with van der Waals surface area (Å²) in [5, 5.41) is 2.44. The van der Waals surface area contributed by atoms with Gasteiger partial charge in [0.1, 0.15) is 41.3 Å². The maximum absolute atomic E-state index is 17.6. The Morgan fingerprint density at radius 2 is 1.79 bits per heavy atom. The summed E-state index contributed by atoms with van der Waals surface area (Å²) in [6, 6.07) is 4.21. The first-order chi connectivity index (χ1) is 27.6. The molecule has 3 aromatic carbocycles. The lowest BCUT2D eigenvalue weighted by molar-refractivity contribution is 0.0122. The fourth-order valence-electron chi connectivity index (χ4n) is 9.26. The van der Waals surface area contributed by atoms with E-state index in [2.05, 4.69) is 21.1 Å². The van der Waals surface area contributed by atoms with Gasteiger partial charge in [-0.15, -0.1) is 6.42 Å². The van der Waals surface area contributed by atoms with E-state index in [9.17, 15) is 14.0 Å². The van der Waals surface area contributed by atoms with Crippen LogP contribution in [0.4, 0.5) is 33.0 Å². The minimum absolute atomic E-state index is 0.0195. The van der Waals surface area contributed by atoms with Crippen LogP contribution in [0.3, 0.4) is 0 Å². The molecule has 0 aliphatic carbocycles. The van der Waals surface area contributed by atoms with Crippen molar-refractivity contribution in [2.75, 3.05) is 51.8 Å². The maximum atomic E-state index is 17.6. The number of nitrogens with one attached hydrogen (secondary N) is 1. The van der Waals surface area contributed by atoms with E-state index >= 15 is 13.2 Å². The van der Waals surface area contributed by atoms with E-state index in [1.807, 2.05) is 4.90 Å². The number of rotatable bonds is 7. The van der Waals surface area contributed by atoms with E-state index in [1.54, 1.807) is 25.7 Å². The Hall–Kier alpha value is -5.56. The number of benzene rings is 3. The van der Waals surface area contributed by atoms with Crippen molar-refractivity contribution in [3.8, 4) is 41.0 Å². The van der Waals surface area contributed by atoms with Gasteiger partial charge in [0.2, 0.25) is 0 Å². The lowest BCUT2D eigenvalue weighted by atomic mass is 9.92. The van der Waals surface area contributed by atoms with E-state index in [0.29, 0.717) is 25.8 Å². The molecule has 1 aromatic heterocycles. The molecule has 12 nitrogen and oxygen atoms in total. The number of piperazine rings is 1. The first-order valence-corrected chi connectivity index (χ1v) is 19.3. The zero-order chi connectivity index (χ0) is 41.3. The van der Waals surface area contributed by atoms with Crippen molar-refractivity contribution < 1.29 is 46.1 Å². The van der Waals surface area contributed by atoms with Crippen LogP contribution < -0.4 is 24.4 Å². The van der Waals surface area contributed by atoms with Crippen molar-refractivity contribution in [2.45, 2.75) is 82.3 Å². The van der Waals surface area contributed by atoms with Crippen LogP contribution in [0.2, 0.25) is 0 Å². The molecule has 4 saturated heterocycles. The fourth-order valence-corrected chi connectivity index (χ4v) is 9.26. The quantitative estimate of drug-likeness (QED) is 0.153. The summed E-state index contributed by atoms with van der Waals surface area (Å²) in [7, 11) is 2.56. The highest BCUT2D eigenvalue weighted by Gasteiger charge is 2.50. The second kappa shape index (κ2) is 14.7. The van der Waals surface area contributed by atoms with Gasteiger partial charge >= 0.3 is 18.2 Å². The van der Waals surface area contributed by atoms with Crippen LogP contribution in [0, 0.1) is 29.8 Å². The van der Waals surface area contributed by atoms with Gasteiger partial charge in [0.05, 0.1) is 41.2 Å². The summed E-state index contributed by atoms with van der Waals surface area (Å²) < 4.78 is 88.1. The second-order valence-corrected chi connectivity index (χ2v) is 16.4. The number of terminal acetylenes is 1. The number of alkyl halides is 1. The highest BCUT2D eigenvalue weighted by Crippen LogP contribution is 2.48. The number of halogens is 4. The lowest BCUT2D eigenvalue weighted by Crippen LogP contribution is -2.57. The molecule has 4 atom stereocenters. The van der Waals surface area contributed by atoms with Crippen molar-refractivity contribution >= 4 is 39.7 Å². The number of amides is 2. The monoisotopic (exact) mass is 804 g/mol. The van der Waals surface area contributed by atoms with Gasteiger partial charge in [-0.3, -0.25) is 9.80 Å². The van der Waals surface area contributed by atoms with Crippen LogP contribution in [0.25, 0.3) is 32.8 Å². The lowest BCUT2D eigenvalue weighted by Gasteiger charge is -2.42. The number of nitrogens with zero attached hydrogens (tertiary/aromatic N) is 5. The number of methoxy groups -OCH3 is 1. The molecule has 1 N–H and O–H groups in total. The van der Waals surface area contributed by atoms with Crippen LogP contribution in [0.5, 0.6) is 17.5 Å². The Kier molecular flexibility index (Phi) is 9.94. The molecule has 2 amide bonds. The van der Waals surface area contributed by atoms with Crippen LogP contribution in [-0.4, -0.2) is 108 Å². The molecule has 58 heavy (non-hydrogen) atoms. The molecule has 4 aliphatic rings. The average molecular weight is 805 g/mol. The molecule has 0 spiro atoms. The smallest absolute Gasteiger partial charge is 0.412 e. The molecule has 2 bridgehead atoms. The first kappa shape index (κ1) is 39.3. The molecule has 5 heterocycles. The van der Waals surface area contributed by atoms with Crippen LogP contribution in [0.1, 0.15) is 58.4 Å². The van der Waals surface area contributed by atoms with Crippen LogP contribution in [-0.2, 0) is 4.74 Å². The molecule has 306 valence electrons. The number of aromatic nitrogens is 2. The molecule has 4 aromatic rings. The summed E-state index contributed by atoms with van der Waals surface area (Å²) in [5.41, 5.74) is -2.88. The maximum Gasteiger partial charge on any atom is 0.412 e. The average Bonchev–Trinajstić information content (AvgIpc) is 3.80. The van der Waals surface area contributed by atoms with E-state index in [-0.39, 0.29) is 95.1 Å². The van der Waals surface area contributed by atoms with Gasteiger partial charge in [-0.25, -0.2) is 27.2 Å². The van der Waals surface area contributed by atoms with Crippen molar-refractivity contribution in [3.63, 3.8) is 0 Å². The van der Waals surface area contributed by atoms with E-state index in [1.165, 1.54) is 32.4 Å². The highest BCUT2D eigenvalue weighted by atomic mass is 19.1. The molecule has 0 radical (unpaired) electrons. The van der Waals surface area contributed by atoms with Gasteiger partial charge in [0.25, 0.3) is 0 Å². The number of hydrogen-bond donors (Lipinski definition) is 1. The molecular weight excluding hydrogens is 760 g/mol. The number of ether oxygens (including phenoxy) is 4. The molecule has 0 saturated carbocycles. The van der Waals surface area contributed by atoms with E-state index in [4.69, 9.17) is 30.4 Å². The van der Waals surface area contributed by atoms with Gasteiger partial charge in [-0.2, -0.15) is 9.97 Å². The number of carbonyl (C=O) groups excluding carboxylic acids is 2. The van der Waals surface area contributed by atoms with Gasteiger partial charge in [-0.1, -0.05) is 12.0 Å². The van der Waals surface area contributed by atoms with Gasteiger partial charge < -0.3 is 29.2 Å². The van der Waals surface area contributed by atoms with Crippen molar-refractivity contribution in [1.82, 2.24) is 25.1 Å². The molecule has 16 heteroatoms. The standard InChI is InChI=1S/C42H44F4N6O6/c1-7-27-29(44)12-9-22-15-26(57-39(53)47-5)16-28(30(22)27)31-33(45)35-32(36(55-6)34(31)46)37(49-38(48-35)56-21-42-13-8-14-51(42)18-23(43)17-42)50-19-24-10-11-25(20-50)52(24)40(54)58-41(2,3)4/h1,9,12,15-16,23-25H,8,10-11,13-14,17-21H2,2-6H3,(H,47,53)/t23-,24?,25?,42+/m1/s1. The third-order valence-electron chi connectivity index (χ3n) is 11.6. The number of hydrogen-bond acceptors (Lipinski definition) is 10. The van der Waals surface area contributed by atoms with Crippen LogP contribution >= 0.6 is 0 Å². The third-order valence-corrected chi connectivity index (χ3v) is 11.6. The SMILES string of the molecule is C#Cc1c(F)ccc2cc(OC(=O)NC)cc(-c3c(F)c(OC)c4c(N5CC6CCC(C5)N6C(=O)OC(C)(C)C)nc(OC[C@@]56CCCN5C[C@H](F)C6)nc4c3F)c12. The number of anilines is 1. The normalized spacial score (nSPS) is 22.9. The predicted molar refractivity (Wildman–Crippen MR) is 208 cm³/mol. The predicted octanol–water partition coefficient (Wildman–Crippen LogP) is 7.12. The van der Waals surface area contributed by atoms with E-state index < -0.39 is 58.3 Å². The van der Waals surface area contributed by atoms with Gasteiger partial charge in [0.15, 0.2) is 17.4 Å². The topological polar surface area (TPSA) is 119 Å². The Balaban J connectivity index is 1.32. The summed E-state index contributed by atoms with van der Waals surface area (Å²) in [6.07, 6.45) is 6.56. The third kappa shape index (κ3) is 6.72. The second-order valence-electron chi connectivity index (χ2n) is 16.4. The number of carbonyl (C=O) groups is 2. The Bertz CT molecular complexity index is 2370. The van der Waals surface area contributed by atoms with Crippen LogP contribution in [0.15, 0.2) is 24.3 Å². The molecule has 2 unspecified atom stereocenters. The molecular formula is C42H44F4N6O6. The van der Waals surface area contributed by atoms with Crippen molar-refractivity contribution in [3.05, 3.63) is 47.3 Å².